The Morgan fingerprint density at radius 3 is 0.953 bits per heavy atom. The maximum absolute atomic E-state index is 11.8. The van der Waals surface area contributed by atoms with Gasteiger partial charge in [-0.05, 0) is 277 Å². The molecule has 1 aliphatic carbocycles. The molecule has 1 N–H and O–H groups in total. The zero-order valence-corrected chi connectivity index (χ0v) is 99.1. The van der Waals surface area contributed by atoms with Gasteiger partial charge in [-0.15, -0.1) is 0 Å². The molecule has 6 aliphatic rings. The Labute approximate surface area is 893 Å². The Balaban J connectivity index is -0.00000157. The van der Waals surface area contributed by atoms with Gasteiger partial charge in [0.05, 0.1) is 106 Å². The highest BCUT2D eigenvalue weighted by atomic mass is 17.2. The summed E-state index contributed by atoms with van der Waals surface area (Å²) in [5.74, 6) is -0.663. The minimum atomic E-state index is -0.472. The van der Waals surface area contributed by atoms with Crippen molar-refractivity contribution < 1.29 is 148 Å². The smallest absolute Gasteiger partial charge is 0.347 e. The molecule has 8 rings (SSSR count). The van der Waals surface area contributed by atoms with Crippen molar-refractivity contribution in [1.29, 1.82) is 0 Å². The highest BCUT2D eigenvalue weighted by Crippen LogP contribution is 2.32. The van der Waals surface area contributed by atoms with E-state index >= 15 is 0 Å². The van der Waals surface area contributed by atoms with Gasteiger partial charge in [0, 0.05) is 39.3 Å². The van der Waals surface area contributed by atoms with E-state index in [0.717, 1.165) is 167 Å². The van der Waals surface area contributed by atoms with Crippen LogP contribution in [0.1, 0.15) is 421 Å². The van der Waals surface area contributed by atoms with Crippen LogP contribution in [0.15, 0.2) is 54.6 Å². The molecule has 0 radical (unpaired) electrons. The Morgan fingerprint density at radius 1 is 0.338 bits per heavy atom. The normalized spacial score (nSPS) is 17.9. The van der Waals surface area contributed by atoms with Gasteiger partial charge in [0.1, 0.15) is 57.6 Å². The summed E-state index contributed by atoms with van der Waals surface area (Å²) in [7, 11) is 0. The van der Waals surface area contributed by atoms with Crippen molar-refractivity contribution in [3.05, 3.63) is 65.7 Å². The maximum Gasteiger partial charge on any atom is 0.347 e. The summed E-state index contributed by atoms with van der Waals surface area (Å²) in [6, 6.07) is 17.2. The van der Waals surface area contributed by atoms with Crippen molar-refractivity contribution in [2.45, 2.75) is 478 Å². The number of hydrogen-bond acceptors (Lipinski definition) is 31. The number of unbranched alkanes of at least 4 members (excludes halogenated alkanes) is 2. The minimum Gasteiger partial charge on any atom is -0.508 e. The quantitative estimate of drug-likeness (QED) is 0.0122. The van der Waals surface area contributed by atoms with Gasteiger partial charge in [0.15, 0.2) is 25.2 Å². The molecule has 31 nitrogen and oxygen atoms in total. The van der Waals surface area contributed by atoms with Gasteiger partial charge >= 0.3 is 59.7 Å². The Kier molecular flexibility index (Phi) is 76.9. The first-order valence-corrected chi connectivity index (χ1v) is 55.2. The fraction of sp³-hybridized carbons (Fsp3) is 0.812. The molecule has 5 aliphatic heterocycles. The van der Waals surface area contributed by atoms with E-state index in [1.165, 1.54) is 24.8 Å². The van der Waals surface area contributed by atoms with Crippen LogP contribution in [0.5, 0.6) is 5.75 Å². The van der Waals surface area contributed by atoms with Crippen LogP contribution < -0.4 is 0 Å². The molecular formula is C117H208O31. The molecule has 0 amide bonds. The van der Waals surface area contributed by atoms with Gasteiger partial charge < -0.3 is 90.4 Å². The Hall–Kier alpha value is -7.46. The molecule has 0 aromatic heterocycles. The zero-order valence-electron chi connectivity index (χ0n) is 99.1. The van der Waals surface area contributed by atoms with Gasteiger partial charge in [-0.25, -0.2) is 4.79 Å². The third kappa shape index (κ3) is 67.8. The van der Waals surface area contributed by atoms with E-state index in [-0.39, 0.29) is 124 Å². The van der Waals surface area contributed by atoms with Gasteiger partial charge in [-0.1, -0.05) is 185 Å². The van der Waals surface area contributed by atoms with Gasteiger partial charge in [-0.2, -0.15) is 4.89 Å². The first-order valence-electron chi connectivity index (χ1n) is 55.2. The molecule has 31 heteroatoms. The fourth-order valence-electron chi connectivity index (χ4n) is 10.5. The zero-order chi connectivity index (χ0) is 114. The number of phenolic OH excluding ortho intramolecular Hbond substituents is 1. The monoisotopic (exact) mass is 2110 g/mol. The number of hydrogen-bond donors (Lipinski definition) is 1. The first kappa shape index (κ1) is 145. The fourth-order valence-corrected chi connectivity index (χ4v) is 10.5. The van der Waals surface area contributed by atoms with E-state index < -0.39 is 52.2 Å². The highest BCUT2D eigenvalue weighted by Gasteiger charge is 2.37. The molecule has 148 heavy (non-hydrogen) atoms. The van der Waals surface area contributed by atoms with Crippen LogP contribution in [0.4, 0.5) is 0 Å². The summed E-state index contributed by atoms with van der Waals surface area (Å²) < 4.78 is 93.0. The highest BCUT2D eigenvalue weighted by molar-refractivity contribution is 5.79. The van der Waals surface area contributed by atoms with E-state index in [2.05, 4.69) is 32.6 Å². The lowest BCUT2D eigenvalue weighted by atomic mass is 9.91. The van der Waals surface area contributed by atoms with Crippen molar-refractivity contribution >= 4 is 59.7 Å². The molecule has 0 bridgehead atoms. The SMILES string of the molecule is CCC(C)(C)C(=O)OC(C)OC1CCCCC1.CCC(C)(C)C(=O)OCC1CCO1.CCC(C)(C)C(=O)OCC1CO1.CCC(C)(C)C(=O)OCc1ccccc1.CCC(C)(C)C(=O)OOCC1CCO1.CCC(C)C(=O)OCC1CCO1.CCC(C)C(=O)OCC1CO1.CCC(C)c1ccc(O)cc1.CCCCOC(C)OC(=O)C(C)(C)CC.CCCCOC(C)OC(=O)C(C)(C)CC.CCOC(C)OC(=O)C(C)(C)CC. The summed E-state index contributed by atoms with van der Waals surface area (Å²) in [5, 5.41) is 9.01. The second-order valence-electron chi connectivity index (χ2n) is 43.5. The van der Waals surface area contributed by atoms with E-state index in [1.807, 2.05) is 250 Å². The number of rotatable bonds is 51. The molecule has 5 saturated heterocycles. The second kappa shape index (κ2) is 78.6. The van der Waals surface area contributed by atoms with Gasteiger partial charge in [-0.3, -0.25) is 48.0 Å². The lowest BCUT2D eigenvalue weighted by molar-refractivity contribution is -0.298. The topological polar surface area (TPSA) is 382 Å². The molecule has 5 heterocycles. The minimum absolute atomic E-state index is 0.0186. The van der Waals surface area contributed by atoms with Crippen LogP contribution in [-0.2, 0) is 150 Å². The number of carbonyl (C=O) groups is 10. The van der Waals surface area contributed by atoms with Crippen LogP contribution in [0.25, 0.3) is 0 Å². The van der Waals surface area contributed by atoms with Crippen molar-refractivity contribution in [3.63, 3.8) is 0 Å². The number of esters is 9. The summed E-state index contributed by atoms with van der Waals surface area (Å²) in [5.41, 5.74) is -0.892. The predicted octanol–water partition coefficient (Wildman–Crippen LogP) is 25.5. The average molecular weight is 2110 g/mol. The number of epoxide rings is 2. The lowest BCUT2D eigenvalue weighted by Crippen LogP contribution is -2.35. The van der Waals surface area contributed by atoms with E-state index in [4.69, 9.17) is 95.3 Å². The van der Waals surface area contributed by atoms with Crippen LogP contribution in [0, 0.1) is 55.2 Å². The molecule has 2 aromatic carbocycles. The number of phenols is 1. The lowest BCUT2D eigenvalue weighted by Gasteiger charge is -2.28. The van der Waals surface area contributed by atoms with Crippen molar-refractivity contribution in [2.75, 3.05) is 85.9 Å². The van der Waals surface area contributed by atoms with Gasteiger partial charge in [0.2, 0.25) is 0 Å². The Bertz CT molecular complexity index is 3790. The van der Waals surface area contributed by atoms with E-state index in [1.54, 1.807) is 32.9 Å². The number of benzene rings is 2. The molecule has 1 saturated carbocycles. The number of ether oxygens (including phenoxy) is 18. The van der Waals surface area contributed by atoms with E-state index in [0.29, 0.717) is 71.1 Å². The summed E-state index contributed by atoms with van der Waals surface area (Å²) in [6.07, 6.45) is 21.5. The summed E-state index contributed by atoms with van der Waals surface area (Å²) in [6.45, 7) is 79.3. The standard InChI is InChI=1S/C14H26O3.C13H18O2.2C12H24O3.C10H18O4.C10H18O3.C10H20O3.C10H14O.2C9H16O3.C8H14O3/c1-5-14(3,4)13(15)17-11(2)16-12-9-7-6-8-10-12;1-4-13(2,3)12(14)15-10-11-8-6-5-7-9-11;2*1-6-8-9-14-10(3)15-11(13)12(4,5)7-2;1-4-10(2,3)9(11)14-13-7-8-5-6-12-8;1-4-10(2,3)9(11)13-7-8-5-6-12-8;1-6-10(4,5)9(11)13-8(3)12-7-2;1-3-8(2)9-4-6-10(11)7-5-9;1-4-9(2,3)8(10)12-6-7-5-11-7;1-3-7(2)9(10)12-6-8-4-5-11-8;1-3-6(2)8(9)11-5-7-4-10-7/h11-12H,5-10H2,1-4H3;5-9H,4,10H2,1-3H3;2*10H,6-9H2,1-5H3;8H,4-7H2,1-3H3;8H,4-7H2,1-3H3;8H,6-7H2,1-5H3;4-8,11H,3H2,1-2H3;7H,4-6H2,1-3H3;7-8H,3-6H2,1-2H3;6-7H,3-5H2,1-2H3. The molecule has 12 atom stereocenters. The van der Waals surface area contributed by atoms with Crippen molar-refractivity contribution in [3.8, 4) is 5.75 Å². The van der Waals surface area contributed by atoms with Crippen LogP contribution >= 0.6 is 0 Å². The first-order chi connectivity index (χ1) is 69.2. The van der Waals surface area contributed by atoms with Crippen molar-refractivity contribution in [2.24, 2.45) is 55.2 Å². The van der Waals surface area contributed by atoms with Crippen LogP contribution in [-0.4, -0.2) is 212 Å². The largest absolute Gasteiger partial charge is 0.508 e. The summed E-state index contributed by atoms with van der Waals surface area (Å²) >= 11 is 0. The number of aromatic hydroxyl groups is 1. The third-order valence-electron chi connectivity index (χ3n) is 27.1. The Morgan fingerprint density at radius 2 is 0.642 bits per heavy atom. The van der Waals surface area contributed by atoms with Crippen LogP contribution in [0.2, 0.25) is 0 Å². The molecule has 862 valence electrons. The van der Waals surface area contributed by atoms with Gasteiger partial charge in [0.25, 0.3) is 0 Å². The molecule has 0 spiro atoms. The average Bonchev–Trinajstić information content (AvgIpc) is 1.28. The van der Waals surface area contributed by atoms with E-state index in [9.17, 15) is 47.9 Å². The predicted molar refractivity (Wildman–Crippen MR) is 576 cm³/mol. The third-order valence-corrected chi connectivity index (χ3v) is 27.1. The molecule has 2 aromatic rings. The molecular weight excluding hydrogens is 1900 g/mol. The molecule has 12 unspecified atom stereocenters. The van der Waals surface area contributed by atoms with Crippen LogP contribution in [0.3, 0.4) is 0 Å². The number of carbonyl (C=O) groups excluding carboxylic acids is 10. The molecule has 6 fully saturated rings. The van der Waals surface area contributed by atoms with Crippen molar-refractivity contribution in [1.82, 2.24) is 0 Å². The maximum atomic E-state index is 11.8. The summed E-state index contributed by atoms with van der Waals surface area (Å²) in [4.78, 5) is 124. The second-order valence-corrected chi connectivity index (χ2v) is 43.5.